The van der Waals surface area contributed by atoms with Crippen LogP contribution in [0.4, 0.5) is 14.7 Å². The third-order valence-electron chi connectivity index (χ3n) is 8.35. The van der Waals surface area contributed by atoms with E-state index in [1.807, 2.05) is 20.8 Å². The lowest BCUT2D eigenvalue weighted by Crippen LogP contribution is -2.97. The maximum atomic E-state index is 14.2. The highest BCUT2D eigenvalue weighted by Gasteiger charge is 2.80. The molecule has 50 heavy (non-hydrogen) atoms. The van der Waals surface area contributed by atoms with Gasteiger partial charge in [-0.3, -0.25) is 10.1 Å². The van der Waals surface area contributed by atoms with E-state index in [1.165, 1.54) is 5.38 Å². The molecule has 3 atom stereocenters. The summed E-state index contributed by atoms with van der Waals surface area (Å²) >= 11 is 0.983. The van der Waals surface area contributed by atoms with Gasteiger partial charge in [0.1, 0.15) is 22.6 Å². The van der Waals surface area contributed by atoms with Gasteiger partial charge in [-0.2, -0.15) is 0 Å². The van der Waals surface area contributed by atoms with Crippen LogP contribution in [0, 0.1) is 0 Å². The topological polar surface area (TPSA) is 181 Å². The third kappa shape index (κ3) is 8.86. The molecule has 0 radical (unpaired) electrons. The monoisotopic (exact) mass is 734 g/mol. The van der Waals surface area contributed by atoms with Crippen molar-refractivity contribution in [1.29, 1.82) is 0 Å². The second-order valence-corrected chi connectivity index (χ2v) is 17.5. The number of oxime groups is 1. The van der Waals surface area contributed by atoms with Gasteiger partial charge in [-0.15, -0.1) is 11.3 Å². The number of nitrogens with zero attached hydrogens (tertiary/aromatic N) is 3. The average Bonchev–Trinajstić information content (AvgIpc) is 3.42. The lowest BCUT2D eigenvalue weighted by Gasteiger charge is -2.70. The van der Waals surface area contributed by atoms with E-state index in [-0.39, 0.29) is 33.2 Å². The molecule has 274 valence electrons. The minimum absolute atomic E-state index is 0.0232. The largest absolute Gasteiger partial charge is 0.514 e. The molecule has 3 unspecified atom stereocenters. The first-order valence-electron chi connectivity index (χ1n) is 15.8. The highest BCUT2D eigenvalue weighted by molar-refractivity contribution is 7.14. The lowest BCUT2D eigenvalue weighted by molar-refractivity contribution is -0.886. The molecular formula is C33H48N5O10SSi+. The molecule has 3 amide bonds. The molecule has 1 aliphatic rings. The highest BCUT2D eigenvalue weighted by atomic mass is 32.1. The maximum absolute atomic E-state index is 14.2. The summed E-state index contributed by atoms with van der Waals surface area (Å²) in [4.78, 5) is 75.3. The van der Waals surface area contributed by atoms with E-state index < -0.39 is 64.3 Å². The summed E-state index contributed by atoms with van der Waals surface area (Å²) in [5, 5.41) is 10.8. The van der Waals surface area contributed by atoms with Crippen LogP contribution in [0.2, 0.25) is 0 Å². The predicted molar refractivity (Wildman–Crippen MR) is 189 cm³/mol. The number of esters is 1. The number of carbonyl (C=O) groups excluding carboxylic acids is 5. The van der Waals surface area contributed by atoms with Gasteiger partial charge in [-0.05, 0) is 88.3 Å². The Morgan fingerprint density at radius 3 is 2.12 bits per heavy atom. The predicted octanol–water partition coefficient (Wildman–Crippen LogP) is 3.84. The van der Waals surface area contributed by atoms with Gasteiger partial charge in [-0.25, -0.2) is 24.2 Å². The Balaban J connectivity index is 1.94. The van der Waals surface area contributed by atoms with Crippen molar-refractivity contribution in [2.75, 3.05) is 18.5 Å². The number of anilines is 1. The molecule has 3 rings (SSSR count). The molecule has 0 saturated carbocycles. The number of hydrogen-bond donors (Lipinski definition) is 2. The van der Waals surface area contributed by atoms with Crippen LogP contribution in [0.25, 0.3) is 0 Å². The number of nitrogens with one attached hydrogen (secondary N) is 2. The minimum atomic E-state index is -1.59. The summed E-state index contributed by atoms with van der Waals surface area (Å²) in [5.74, 6) is -1.64. The van der Waals surface area contributed by atoms with E-state index in [9.17, 15) is 24.0 Å². The molecule has 0 bridgehead atoms. The molecule has 1 aromatic carbocycles. The number of carbonyl (C=O) groups is 5. The number of aromatic nitrogens is 1. The van der Waals surface area contributed by atoms with Gasteiger partial charge in [0.05, 0.1) is 5.54 Å². The fraction of sp³-hybridized carbons (Fsp3) is 0.545. The van der Waals surface area contributed by atoms with Crippen LogP contribution < -0.4 is 15.4 Å². The van der Waals surface area contributed by atoms with Crippen LogP contribution >= 0.6 is 11.3 Å². The van der Waals surface area contributed by atoms with Crippen molar-refractivity contribution >= 4 is 62.6 Å². The van der Waals surface area contributed by atoms with Crippen LogP contribution in [0.1, 0.15) is 81.9 Å². The zero-order valence-electron chi connectivity index (χ0n) is 30.7. The third-order valence-corrected chi connectivity index (χ3v) is 11.8. The standard InChI is InChI=1S/C33H47N5O10SSi/c1-29(2,3)38(50)25(41)33(11,32(38,10)19-44-28(43)46-20-15-13-12-14-16-20)36-24(40)23(37-45-17-22(39)47-30(4,5)6)21-18-49-26(34-21)35-27(42)48-31(7,8)9/h12-16,18H,17,19H2,1-11,50H3,(H-,34,35,36,40,42)/p+1. The number of β-lactam (4-membered cyclic amide) rings is 1. The van der Waals surface area contributed by atoms with Crippen LogP contribution in [0.3, 0.4) is 0 Å². The number of para-hydroxylation sites is 1. The Morgan fingerprint density at radius 1 is 0.960 bits per heavy atom. The Labute approximate surface area is 299 Å². The van der Waals surface area contributed by atoms with Crippen molar-refractivity contribution in [3.05, 3.63) is 41.4 Å². The first kappa shape index (κ1) is 40.1. The second-order valence-electron chi connectivity index (χ2n) is 15.3. The molecule has 2 aromatic rings. The normalized spacial score (nSPS) is 22.5. The Hall–Kier alpha value is -4.35. The Kier molecular flexibility index (Phi) is 11.6. The summed E-state index contributed by atoms with van der Waals surface area (Å²) in [6, 6.07) is 8.38. The van der Waals surface area contributed by atoms with Gasteiger partial charge in [0.2, 0.25) is 22.5 Å². The summed E-state index contributed by atoms with van der Waals surface area (Å²) in [7, 11) is 0.297. The smallest absolute Gasteiger partial charge is 0.457 e. The number of hydrogen-bond acceptors (Lipinski definition) is 13. The van der Waals surface area contributed by atoms with E-state index in [2.05, 4.69) is 20.8 Å². The van der Waals surface area contributed by atoms with Crippen LogP contribution in [0.15, 0.2) is 40.9 Å². The number of quaternary nitrogens is 1. The van der Waals surface area contributed by atoms with Crippen molar-refractivity contribution in [3.8, 4) is 5.75 Å². The lowest BCUT2D eigenvalue weighted by atomic mass is 9.66. The van der Waals surface area contributed by atoms with Gasteiger partial charge in [-0.1, -0.05) is 23.4 Å². The molecule has 1 saturated heterocycles. The maximum Gasteiger partial charge on any atom is 0.514 e. The zero-order chi connectivity index (χ0) is 37.9. The molecular weight excluding hydrogens is 687 g/mol. The van der Waals surface area contributed by atoms with Gasteiger partial charge in [0, 0.05) is 5.38 Å². The Morgan fingerprint density at radius 2 is 1.56 bits per heavy atom. The number of ether oxygens (including phenoxy) is 4. The quantitative estimate of drug-likeness (QED) is 0.0689. The van der Waals surface area contributed by atoms with Crippen molar-refractivity contribution < 1.29 is 51.9 Å². The zero-order valence-corrected chi connectivity index (χ0v) is 33.5. The molecule has 2 N–H and O–H groups in total. The molecule has 0 spiro atoms. The summed E-state index contributed by atoms with van der Waals surface area (Å²) < 4.78 is 21.4. The molecule has 2 heterocycles. The Bertz CT molecular complexity index is 1650. The van der Waals surface area contributed by atoms with Crippen molar-refractivity contribution in [1.82, 2.24) is 10.3 Å². The fourth-order valence-corrected chi connectivity index (χ4v) is 7.16. The molecule has 0 aliphatic carbocycles. The SMILES string of the molecule is CC(C)(C)OC(=O)CON=C(C(=O)NC1(C)C(=O)[N+]([SiH3])(C(C)(C)C)C1(C)COC(=O)Oc1ccccc1)c1csc(NC(=O)OC(C)(C)C)n1. The summed E-state index contributed by atoms with van der Waals surface area (Å²) in [6.07, 6.45) is -1.74. The fourth-order valence-electron chi connectivity index (χ4n) is 5.46. The second kappa shape index (κ2) is 14.5. The molecule has 1 aliphatic heterocycles. The van der Waals surface area contributed by atoms with E-state index in [0.717, 1.165) is 11.3 Å². The number of rotatable bonds is 10. The van der Waals surface area contributed by atoms with Crippen molar-refractivity contribution in [2.24, 2.45) is 5.16 Å². The molecule has 17 heteroatoms. The molecule has 1 fully saturated rings. The van der Waals surface area contributed by atoms with E-state index >= 15 is 0 Å². The number of thiazole rings is 1. The minimum Gasteiger partial charge on any atom is -0.457 e. The first-order chi connectivity index (χ1) is 22.8. The summed E-state index contributed by atoms with van der Waals surface area (Å²) in [5.41, 5.74) is -5.38. The average molecular weight is 735 g/mol. The van der Waals surface area contributed by atoms with Gasteiger partial charge in [0.25, 0.3) is 5.91 Å². The van der Waals surface area contributed by atoms with Crippen LogP contribution in [-0.4, -0.2) is 96.3 Å². The number of amides is 3. The number of benzene rings is 1. The highest BCUT2D eigenvalue weighted by Crippen LogP contribution is 2.52. The van der Waals surface area contributed by atoms with E-state index in [0.29, 0.717) is 10.4 Å². The first-order valence-corrected chi connectivity index (χ1v) is 17.6. The number of likely N-dealkylation sites (tertiary alicyclic amines) is 1. The van der Waals surface area contributed by atoms with Crippen LogP contribution in [-0.2, 0) is 33.4 Å². The van der Waals surface area contributed by atoms with Crippen LogP contribution in [0.5, 0.6) is 5.75 Å². The van der Waals surface area contributed by atoms with E-state index in [4.69, 9.17) is 23.8 Å². The van der Waals surface area contributed by atoms with E-state index in [1.54, 1.807) is 85.7 Å². The molecule has 1 aromatic heterocycles. The van der Waals surface area contributed by atoms with Crippen molar-refractivity contribution in [3.63, 3.8) is 0 Å². The van der Waals surface area contributed by atoms with Gasteiger partial charge < -0.3 is 33.3 Å². The van der Waals surface area contributed by atoms with Crippen molar-refractivity contribution in [2.45, 2.75) is 104 Å². The van der Waals surface area contributed by atoms with Gasteiger partial charge >= 0.3 is 24.1 Å². The molecule has 15 nitrogen and oxygen atoms in total. The van der Waals surface area contributed by atoms with Gasteiger partial charge in [0.15, 0.2) is 23.0 Å². The summed E-state index contributed by atoms with van der Waals surface area (Å²) in [6.45, 7) is 18.2.